The van der Waals surface area contributed by atoms with E-state index < -0.39 is 11.9 Å². The Morgan fingerprint density at radius 3 is 2.67 bits per heavy atom. The van der Waals surface area contributed by atoms with Crippen LogP contribution in [0.3, 0.4) is 0 Å². The molecule has 1 aliphatic carbocycles. The molecule has 1 aromatic heterocycles. The Morgan fingerprint density at radius 2 is 2.10 bits per heavy atom. The Balaban J connectivity index is 1.85. The molecule has 1 fully saturated rings. The number of hydrogen-bond donors (Lipinski definition) is 2. The number of hydrogen-bond acceptors (Lipinski definition) is 3. The van der Waals surface area contributed by atoms with Gasteiger partial charge < -0.3 is 10.4 Å². The SMILES string of the molecule is CCC1CC(C(=O)O)C(C(=O)NCCc2ccc(Br)s2)C1. The summed E-state index contributed by atoms with van der Waals surface area (Å²) in [5.74, 6) is -1.48. The second-order valence-corrected chi connectivity index (χ2v) is 8.09. The van der Waals surface area contributed by atoms with Gasteiger partial charge in [-0.05, 0) is 53.2 Å². The zero-order valence-corrected chi connectivity index (χ0v) is 14.4. The topological polar surface area (TPSA) is 66.4 Å². The molecule has 1 amide bonds. The summed E-state index contributed by atoms with van der Waals surface area (Å²) in [7, 11) is 0. The van der Waals surface area contributed by atoms with Crippen LogP contribution in [0.25, 0.3) is 0 Å². The minimum Gasteiger partial charge on any atom is -0.481 e. The van der Waals surface area contributed by atoms with E-state index in [9.17, 15) is 14.7 Å². The molecule has 4 nitrogen and oxygen atoms in total. The molecule has 2 N–H and O–H groups in total. The molecule has 1 aromatic rings. The van der Waals surface area contributed by atoms with Crippen molar-refractivity contribution < 1.29 is 14.7 Å². The molecule has 21 heavy (non-hydrogen) atoms. The Labute approximate surface area is 137 Å². The van der Waals surface area contributed by atoms with Crippen LogP contribution in [0.5, 0.6) is 0 Å². The van der Waals surface area contributed by atoms with Gasteiger partial charge in [-0.25, -0.2) is 0 Å². The van der Waals surface area contributed by atoms with Crippen LogP contribution in [-0.2, 0) is 16.0 Å². The second-order valence-electron chi connectivity index (χ2n) is 5.54. The second kappa shape index (κ2) is 7.40. The third kappa shape index (κ3) is 4.30. The molecular formula is C15H20BrNO3S. The zero-order chi connectivity index (χ0) is 15.4. The van der Waals surface area contributed by atoms with Crippen molar-refractivity contribution in [1.29, 1.82) is 0 Å². The summed E-state index contributed by atoms with van der Waals surface area (Å²) in [5.41, 5.74) is 0. The fraction of sp³-hybridized carbons (Fsp3) is 0.600. The first-order valence-corrected chi connectivity index (χ1v) is 8.87. The van der Waals surface area contributed by atoms with E-state index in [4.69, 9.17) is 0 Å². The van der Waals surface area contributed by atoms with Gasteiger partial charge in [0.15, 0.2) is 0 Å². The Morgan fingerprint density at radius 1 is 1.38 bits per heavy atom. The van der Waals surface area contributed by atoms with Crippen molar-refractivity contribution in [2.24, 2.45) is 17.8 Å². The number of nitrogens with one attached hydrogen (secondary N) is 1. The van der Waals surface area contributed by atoms with Crippen molar-refractivity contribution in [3.63, 3.8) is 0 Å². The number of halogens is 1. The van der Waals surface area contributed by atoms with Crippen LogP contribution in [0.2, 0.25) is 0 Å². The summed E-state index contributed by atoms with van der Waals surface area (Å²) >= 11 is 5.06. The molecule has 1 heterocycles. The van der Waals surface area contributed by atoms with E-state index in [1.165, 1.54) is 4.88 Å². The lowest BCUT2D eigenvalue weighted by molar-refractivity contribution is -0.146. The molecule has 2 rings (SSSR count). The summed E-state index contributed by atoms with van der Waals surface area (Å²) in [4.78, 5) is 24.7. The van der Waals surface area contributed by atoms with Crippen molar-refractivity contribution >= 4 is 39.1 Å². The number of carbonyl (C=O) groups excluding carboxylic acids is 1. The standard InChI is InChI=1S/C15H20BrNO3S/c1-2-9-7-11(12(8-9)15(19)20)14(18)17-6-5-10-3-4-13(16)21-10/h3-4,9,11-12H,2,5-8H2,1H3,(H,17,18)(H,19,20). The lowest BCUT2D eigenvalue weighted by Gasteiger charge is -2.15. The summed E-state index contributed by atoms with van der Waals surface area (Å²) < 4.78 is 1.08. The van der Waals surface area contributed by atoms with Crippen molar-refractivity contribution in [2.45, 2.75) is 32.6 Å². The Hall–Kier alpha value is -0.880. The molecule has 0 spiro atoms. The fourth-order valence-corrected chi connectivity index (χ4v) is 4.45. The lowest BCUT2D eigenvalue weighted by atomic mass is 9.95. The van der Waals surface area contributed by atoms with Crippen LogP contribution in [0.4, 0.5) is 0 Å². The van der Waals surface area contributed by atoms with Gasteiger partial charge in [-0.1, -0.05) is 13.3 Å². The molecule has 1 saturated carbocycles. The van der Waals surface area contributed by atoms with E-state index in [2.05, 4.69) is 28.2 Å². The average Bonchev–Trinajstić information content (AvgIpc) is 3.04. The Kier molecular flexibility index (Phi) is 5.81. The van der Waals surface area contributed by atoms with Crippen molar-refractivity contribution in [3.05, 3.63) is 20.8 Å². The van der Waals surface area contributed by atoms with Gasteiger partial charge in [0.2, 0.25) is 5.91 Å². The summed E-state index contributed by atoms with van der Waals surface area (Å²) in [6, 6.07) is 4.02. The average molecular weight is 374 g/mol. The number of carboxylic acid groups (broad SMARTS) is 1. The van der Waals surface area contributed by atoms with Crippen LogP contribution in [0, 0.1) is 17.8 Å². The highest BCUT2D eigenvalue weighted by molar-refractivity contribution is 9.11. The van der Waals surface area contributed by atoms with E-state index >= 15 is 0 Å². The molecule has 0 bridgehead atoms. The normalized spacial score (nSPS) is 25.0. The lowest BCUT2D eigenvalue weighted by Crippen LogP contribution is -2.36. The highest BCUT2D eigenvalue weighted by Crippen LogP contribution is 2.38. The molecule has 3 unspecified atom stereocenters. The highest BCUT2D eigenvalue weighted by atomic mass is 79.9. The van der Waals surface area contributed by atoms with Gasteiger partial charge in [-0.15, -0.1) is 11.3 Å². The third-order valence-electron chi connectivity index (χ3n) is 4.19. The van der Waals surface area contributed by atoms with E-state index in [1.54, 1.807) is 11.3 Å². The van der Waals surface area contributed by atoms with Gasteiger partial charge in [0.05, 0.1) is 15.6 Å². The van der Waals surface area contributed by atoms with Crippen LogP contribution in [-0.4, -0.2) is 23.5 Å². The molecule has 0 aromatic carbocycles. The van der Waals surface area contributed by atoms with Gasteiger partial charge in [-0.2, -0.15) is 0 Å². The van der Waals surface area contributed by atoms with E-state index in [1.807, 2.05) is 12.1 Å². The summed E-state index contributed by atoms with van der Waals surface area (Å²) in [6.07, 6.45) is 3.05. The minimum absolute atomic E-state index is 0.103. The smallest absolute Gasteiger partial charge is 0.307 e. The first-order chi connectivity index (χ1) is 10.0. The number of carbonyl (C=O) groups is 2. The minimum atomic E-state index is -0.840. The number of aliphatic carboxylic acids is 1. The van der Waals surface area contributed by atoms with Gasteiger partial charge in [-0.3, -0.25) is 9.59 Å². The van der Waals surface area contributed by atoms with Crippen LogP contribution in [0.15, 0.2) is 15.9 Å². The van der Waals surface area contributed by atoms with Gasteiger partial charge in [0.1, 0.15) is 0 Å². The third-order valence-corrected chi connectivity index (χ3v) is 5.87. The molecule has 6 heteroatoms. The Bertz CT molecular complexity index is 517. The molecular weight excluding hydrogens is 354 g/mol. The molecule has 3 atom stereocenters. The molecule has 1 aliphatic rings. The van der Waals surface area contributed by atoms with E-state index in [0.717, 1.165) is 16.6 Å². The number of amides is 1. The number of carboxylic acids is 1. The maximum absolute atomic E-state index is 12.2. The van der Waals surface area contributed by atoms with E-state index in [-0.39, 0.29) is 11.8 Å². The van der Waals surface area contributed by atoms with Crippen molar-refractivity contribution in [2.75, 3.05) is 6.54 Å². The molecule has 0 saturated heterocycles. The quantitative estimate of drug-likeness (QED) is 0.803. The summed E-state index contributed by atoms with van der Waals surface area (Å²) in [6.45, 7) is 2.62. The van der Waals surface area contributed by atoms with Crippen molar-refractivity contribution in [3.8, 4) is 0 Å². The fourth-order valence-electron chi connectivity index (χ4n) is 2.97. The van der Waals surface area contributed by atoms with Crippen LogP contribution < -0.4 is 5.32 Å². The van der Waals surface area contributed by atoms with Gasteiger partial charge >= 0.3 is 5.97 Å². The number of thiophene rings is 1. The van der Waals surface area contributed by atoms with Gasteiger partial charge in [0.25, 0.3) is 0 Å². The first-order valence-electron chi connectivity index (χ1n) is 7.26. The van der Waals surface area contributed by atoms with Crippen LogP contribution >= 0.6 is 27.3 Å². The largest absolute Gasteiger partial charge is 0.481 e. The monoisotopic (exact) mass is 373 g/mol. The molecule has 116 valence electrons. The number of rotatable bonds is 6. The first kappa shape index (κ1) is 16.5. The predicted octanol–water partition coefficient (Wildman–Crippen LogP) is 3.31. The maximum Gasteiger partial charge on any atom is 0.307 e. The summed E-state index contributed by atoms with van der Waals surface area (Å²) in [5, 5.41) is 12.2. The molecule has 0 radical (unpaired) electrons. The van der Waals surface area contributed by atoms with Crippen LogP contribution in [0.1, 0.15) is 31.1 Å². The maximum atomic E-state index is 12.2. The zero-order valence-electron chi connectivity index (χ0n) is 12.0. The van der Waals surface area contributed by atoms with Crippen molar-refractivity contribution in [1.82, 2.24) is 5.32 Å². The predicted molar refractivity (Wildman–Crippen MR) is 86.4 cm³/mol. The van der Waals surface area contributed by atoms with E-state index in [0.29, 0.717) is 25.3 Å². The van der Waals surface area contributed by atoms with Gasteiger partial charge in [0, 0.05) is 11.4 Å². The molecule has 0 aliphatic heterocycles. The highest BCUT2D eigenvalue weighted by Gasteiger charge is 2.41.